The van der Waals surface area contributed by atoms with E-state index in [0.717, 1.165) is 31.7 Å². The van der Waals surface area contributed by atoms with Crippen LogP contribution in [0.4, 0.5) is 0 Å². The molecule has 0 saturated carbocycles. The van der Waals surface area contributed by atoms with Gasteiger partial charge in [0.2, 0.25) is 0 Å². The van der Waals surface area contributed by atoms with Gasteiger partial charge in [-0.3, -0.25) is 0 Å². The summed E-state index contributed by atoms with van der Waals surface area (Å²) in [5, 5.41) is 0. The molecule has 0 spiro atoms. The average Bonchev–Trinajstić information content (AvgIpc) is 2.62. The van der Waals surface area contributed by atoms with Gasteiger partial charge in [-0.1, -0.05) is 36.5 Å². The third kappa shape index (κ3) is 0.880. The summed E-state index contributed by atoms with van der Waals surface area (Å²) in [6.07, 6.45) is 15.4. The van der Waals surface area contributed by atoms with Gasteiger partial charge in [-0.25, -0.2) is 0 Å². The molecule has 5 unspecified atom stereocenters. The van der Waals surface area contributed by atoms with Gasteiger partial charge in [0.05, 0.1) is 0 Å². The van der Waals surface area contributed by atoms with Crippen molar-refractivity contribution in [2.24, 2.45) is 11.8 Å². The van der Waals surface area contributed by atoms with E-state index in [1.54, 1.807) is 0 Å². The van der Waals surface area contributed by atoms with Crippen LogP contribution >= 0.6 is 8.58 Å². The van der Waals surface area contributed by atoms with E-state index >= 15 is 0 Å². The molecule has 1 heterocycles. The summed E-state index contributed by atoms with van der Waals surface area (Å²) in [5.74, 6) is 1.82. The van der Waals surface area contributed by atoms with Crippen LogP contribution in [0.3, 0.4) is 0 Å². The molecule has 0 nitrogen and oxygen atoms in total. The maximum absolute atomic E-state index is 2.45. The van der Waals surface area contributed by atoms with E-state index in [2.05, 4.69) is 36.5 Å². The Morgan fingerprint density at radius 1 is 1.00 bits per heavy atom. The summed E-state index contributed by atoms with van der Waals surface area (Å²) in [5.41, 5.74) is 1.81. The van der Waals surface area contributed by atoms with E-state index in [9.17, 15) is 0 Å². The minimum Gasteiger partial charge on any atom is -0.107 e. The van der Waals surface area contributed by atoms with Crippen molar-refractivity contribution in [3.05, 3.63) is 36.5 Å². The van der Waals surface area contributed by atoms with Crippen LogP contribution < -0.4 is 0 Å². The first-order chi connectivity index (χ1) is 5.95. The molecule has 1 heteroatoms. The lowest BCUT2D eigenvalue weighted by Crippen LogP contribution is -2.17. The number of hydrogen-bond acceptors (Lipinski definition) is 0. The van der Waals surface area contributed by atoms with Gasteiger partial charge in [-0.05, 0) is 23.9 Å². The van der Waals surface area contributed by atoms with Crippen LogP contribution in [-0.2, 0) is 0 Å². The lowest BCUT2D eigenvalue weighted by Gasteiger charge is -2.19. The molecule has 2 aliphatic carbocycles. The minimum atomic E-state index is 0.869. The molecule has 3 aliphatic rings. The Hall–Kier alpha value is -0.350. The van der Waals surface area contributed by atoms with Crippen LogP contribution in [0.2, 0.25) is 0 Å². The third-order valence-electron chi connectivity index (χ3n) is 3.27. The molecule has 12 heavy (non-hydrogen) atoms. The van der Waals surface area contributed by atoms with E-state index < -0.39 is 0 Å². The molecular weight excluding hydrogens is 163 g/mol. The quantitative estimate of drug-likeness (QED) is 0.393. The number of fused-ring (bicyclic) bond motifs is 3. The van der Waals surface area contributed by atoms with Crippen molar-refractivity contribution >= 4 is 8.58 Å². The molecular formula is C11H13P. The van der Waals surface area contributed by atoms with E-state index in [0.29, 0.717) is 0 Å². The second kappa shape index (κ2) is 2.57. The molecule has 0 N–H and O–H groups in total. The molecule has 0 amide bonds. The average molecular weight is 176 g/mol. The minimum absolute atomic E-state index is 0.869. The standard InChI is InChI=1S/C11H13P/c1-2-6-10-8(4-1)9-5-3-7-11(9)12-10/h1-4,6-12H,5H2. The molecule has 3 rings (SSSR count). The maximum Gasteiger partial charge on any atom is 0.00174 e. The predicted molar refractivity (Wildman–Crippen MR) is 54.9 cm³/mol. The van der Waals surface area contributed by atoms with Crippen molar-refractivity contribution in [3.63, 3.8) is 0 Å². The van der Waals surface area contributed by atoms with Crippen LogP contribution in [0.15, 0.2) is 36.5 Å². The Labute approximate surface area is 75.2 Å². The Bertz CT molecular complexity index is 275. The summed E-state index contributed by atoms with van der Waals surface area (Å²) in [7, 11) is 1.15. The van der Waals surface area contributed by atoms with Crippen LogP contribution in [0.5, 0.6) is 0 Å². The summed E-state index contributed by atoms with van der Waals surface area (Å²) < 4.78 is 0. The van der Waals surface area contributed by atoms with Crippen LogP contribution in [-0.4, -0.2) is 11.3 Å². The van der Waals surface area contributed by atoms with Crippen molar-refractivity contribution in [1.82, 2.24) is 0 Å². The molecule has 0 aromatic heterocycles. The summed E-state index contributed by atoms with van der Waals surface area (Å²) in [6.45, 7) is 0. The van der Waals surface area contributed by atoms with Crippen molar-refractivity contribution in [1.29, 1.82) is 0 Å². The Morgan fingerprint density at radius 3 is 2.92 bits per heavy atom. The normalized spacial score (nSPS) is 50.0. The molecule has 1 aliphatic heterocycles. The van der Waals surface area contributed by atoms with Gasteiger partial charge in [0, 0.05) is 5.66 Å². The lowest BCUT2D eigenvalue weighted by atomic mass is 9.85. The number of hydrogen-bond donors (Lipinski definition) is 0. The van der Waals surface area contributed by atoms with Crippen molar-refractivity contribution in [3.8, 4) is 0 Å². The van der Waals surface area contributed by atoms with Crippen molar-refractivity contribution in [2.45, 2.75) is 17.7 Å². The van der Waals surface area contributed by atoms with E-state index in [1.165, 1.54) is 6.42 Å². The zero-order chi connectivity index (χ0) is 7.97. The zero-order valence-electron chi connectivity index (χ0n) is 6.98. The van der Waals surface area contributed by atoms with Gasteiger partial charge in [0.1, 0.15) is 0 Å². The highest BCUT2D eigenvalue weighted by Crippen LogP contribution is 2.54. The van der Waals surface area contributed by atoms with Crippen LogP contribution in [0.25, 0.3) is 0 Å². The molecule has 1 saturated heterocycles. The van der Waals surface area contributed by atoms with Crippen molar-refractivity contribution < 1.29 is 0 Å². The first-order valence-electron chi connectivity index (χ1n) is 4.73. The Balaban J connectivity index is 1.93. The van der Waals surface area contributed by atoms with E-state index in [4.69, 9.17) is 0 Å². The van der Waals surface area contributed by atoms with Gasteiger partial charge < -0.3 is 0 Å². The highest BCUT2D eigenvalue weighted by Gasteiger charge is 2.41. The van der Waals surface area contributed by atoms with E-state index in [1.807, 2.05) is 0 Å². The van der Waals surface area contributed by atoms with Gasteiger partial charge in [-0.2, -0.15) is 0 Å². The van der Waals surface area contributed by atoms with Crippen LogP contribution in [0, 0.1) is 11.8 Å². The lowest BCUT2D eigenvalue weighted by molar-refractivity contribution is 0.461. The third-order valence-corrected chi connectivity index (χ3v) is 5.24. The highest BCUT2D eigenvalue weighted by molar-refractivity contribution is 7.40. The van der Waals surface area contributed by atoms with Crippen molar-refractivity contribution in [2.75, 3.05) is 0 Å². The molecule has 0 aromatic carbocycles. The zero-order valence-corrected chi connectivity index (χ0v) is 7.98. The SMILES string of the molecule is C1=CC2PC3C=CCC3C2C=C1. The number of rotatable bonds is 0. The highest BCUT2D eigenvalue weighted by atomic mass is 31.1. The van der Waals surface area contributed by atoms with E-state index in [-0.39, 0.29) is 0 Å². The smallest absolute Gasteiger partial charge is 0.00174 e. The topological polar surface area (TPSA) is 0 Å². The fourth-order valence-electron chi connectivity index (χ4n) is 2.67. The molecule has 0 aromatic rings. The Kier molecular flexibility index (Phi) is 1.52. The molecule has 0 bridgehead atoms. The summed E-state index contributed by atoms with van der Waals surface area (Å²) >= 11 is 0. The van der Waals surface area contributed by atoms with Gasteiger partial charge >= 0.3 is 0 Å². The van der Waals surface area contributed by atoms with Crippen LogP contribution in [0.1, 0.15) is 6.42 Å². The number of allylic oxidation sites excluding steroid dienone is 6. The predicted octanol–water partition coefficient (Wildman–Crippen LogP) is 2.73. The van der Waals surface area contributed by atoms with Gasteiger partial charge in [0.15, 0.2) is 0 Å². The fourth-order valence-corrected chi connectivity index (χ4v) is 4.77. The summed E-state index contributed by atoms with van der Waals surface area (Å²) in [6, 6.07) is 0. The summed E-state index contributed by atoms with van der Waals surface area (Å²) in [4.78, 5) is 0. The molecule has 62 valence electrons. The second-order valence-corrected chi connectivity index (χ2v) is 5.56. The molecule has 5 atom stereocenters. The largest absolute Gasteiger partial charge is 0.107 e. The van der Waals surface area contributed by atoms with Gasteiger partial charge in [0.25, 0.3) is 0 Å². The molecule has 1 fully saturated rings. The van der Waals surface area contributed by atoms with Gasteiger partial charge in [-0.15, -0.1) is 8.58 Å². The monoisotopic (exact) mass is 176 g/mol. The Morgan fingerprint density at radius 2 is 1.92 bits per heavy atom. The first kappa shape index (κ1) is 7.09. The fraction of sp³-hybridized carbons (Fsp3) is 0.455. The maximum atomic E-state index is 2.45. The second-order valence-electron chi connectivity index (χ2n) is 3.89. The molecule has 0 radical (unpaired) electrons. The first-order valence-corrected chi connectivity index (χ1v) is 5.88.